The summed E-state index contributed by atoms with van der Waals surface area (Å²) in [7, 11) is 0. The van der Waals surface area contributed by atoms with Crippen molar-refractivity contribution in [1.29, 1.82) is 0 Å². The Kier molecular flexibility index (Phi) is 3.86. The predicted molar refractivity (Wildman–Crippen MR) is 69.9 cm³/mol. The van der Waals surface area contributed by atoms with Crippen LogP contribution in [0.15, 0.2) is 55.4 Å². The number of aromatic nitrogens is 1. The average Bonchev–Trinajstić information content (AvgIpc) is 2.46. The molecular weight excluding hydrogens is 226 g/mol. The third kappa shape index (κ3) is 3.04. The maximum atomic E-state index is 11.7. The van der Waals surface area contributed by atoms with E-state index >= 15 is 0 Å². The van der Waals surface area contributed by atoms with E-state index in [1.165, 1.54) is 6.20 Å². The van der Waals surface area contributed by atoms with Crippen molar-refractivity contribution in [3.8, 4) is 0 Å². The first-order chi connectivity index (χ1) is 8.79. The first-order valence-electron chi connectivity index (χ1n) is 5.58. The number of carbonyl (C=O) groups is 1. The Bertz CT molecular complexity index is 549. The molecule has 0 unspecified atom stereocenters. The van der Waals surface area contributed by atoms with Gasteiger partial charge in [-0.25, -0.2) is 4.79 Å². The van der Waals surface area contributed by atoms with Crippen LogP contribution in [-0.4, -0.2) is 11.0 Å². The van der Waals surface area contributed by atoms with E-state index in [4.69, 9.17) is 4.74 Å². The van der Waals surface area contributed by atoms with Crippen LogP contribution in [0.4, 0.5) is 0 Å². The van der Waals surface area contributed by atoms with E-state index in [0.717, 1.165) is 11.1 Å². The van der Waals surface area contributed by atoms with Crippen molar-refractivity contribution in [2.75, 3.05) is 0 Å². The van der Waals surface area contributed by atoms with Gasteiger partial charge in [0.15, 0.2) is 0 Å². The molecule has 0 radical (unpaired) electrons. The van der Waals surface area contributed by atoms with Crippen molar-refractivity contribution in [3.63, 3.8) is 0 Å². The van der Waals surface area contributed by atoms with Gasteiger partial charge in [-0.15, -0.1) is 0 Å². The molecule has 1 heterocycles. The lowest BCUT2D eigenvalue weighted by Crippen LogP contribution is -2.05. The molecule has 1 aromatic carbocycles. The second kappa shape index (κ2) is 5.77. The molecule has 0 saturated heterocycles. The van der Waals surface area contributed by atoms with Gasteiger partial charge in [0.1, 0.15) is 6.61 Å². The first kappa shape index (κ1) is 12.0. The van der Waals surface area contributed by atoms with E-state index < -0.39 is 0 Å². The fourth-order valence-corrected chi connectivity index (χ4v) is 1.53. The van der Waals surface area contributed by atoms with E-state index in [1.54, 1.807) is 24.4 Å². The van der Waals surface area contributed by atoms with Crippen molar-refractivity contribution in [1.82, 2.24) is 4.98 Å². The minimum atomic E-state index is -0.368. The third-order valence-corrected chi connectivity index (χ3v) is 2.45. The molecule has 2 aromatic rings. The summed E-state index contributed by atoms with van der Waals surface area (Å²) in [6, 6.07) is 11.1. The van der Waals surface area contributed by atoms with Crippen molar-refractivity contribution < 1.29 is 9.53 Å². The zero-order valence-corrected chi connectivity index (χ0v) is 9.87. The topological polar surface area (TPSA) is 39.2 Å². The molecule has 90 valence electrons. The van der Waals surface area contributed by atoms with Crippen molar-refractivity contribution in [2.24, 2.45) is 0 Å². The third-order valence-electron chi connectivity index (χ3n) is 2.45. The zero-order valence-electron chi connectivity index (χ0n) is 9.87. The normalized spacial score (nSPS) is 9.78. The number of nitrogens with zero attached hydrogens (tertiary/aromatic N) is 1. The molecule has 0 saturated carbocycles. The molecule has 3 nitrogen and oxygen atoms in total. The maximum absolute atomic E-state index is 11.7. The van der Waals surface area contributed by atoms with Gasteiger partial charge in [-0.3, -0.25) is 4.98 Å². The highest BCUT2D eigenvalue weighted by atomic mass is 16.5. The molecule has 0 aliphatic rings. The number of rotatable bonds is 4. The Balaban J connectivity index is 1.99. The van der Waals surface area contributed by atoms with Gasteiger partial charge in [0.25, 0.3) is 0 Å². The summed E-state index contributed by atoms with van der Waals surface area (Å²) in [6.07, 6.45) is 4.86. The average molecular weight is 239 g/mol. The summed E-state index contributed by atoms with van der Waals surface area (Å²) < 4.78 is 5.20. The maximum Gasteiger partial charge on any atom is 0.340 e. The summed E-state index contributed by atoms with van der Waals surface area (Å²) in [5.41, 5.74) is 2.40. The molecule has 0 spiro atoms. The highest BCUT2D eigenvalue weighted by molar-refractivity contribution is 5.88. The quantitative estimate of drug-likeness (QED) is 0.770. The SMILES string of the molecule is C=Cc1cccc(COC(=O)c2cccnc2)c1. The molecule has 1 aromatic heterocycles. The molecule has 0 atom stereocenters. The van der Waals surface area contributed by atoms with Gasteiger partial charge in [0, 0.05) is 12.4 Å². The lowest BCUT2D eigenvalue weighted by Gasteiger charge is -2.05. The lowest BCUT2D eigenvalue weighted by atomic mass is 10.1. The van der Waals surface area contributed by atoms with Gasteiger partial charge < -0.3 is 4.74 Å². The number of ether oxygens (including phenoxy) is 1. The fraction of sp³-hybridized carbons (Fsp3) is 0.0667. The predicted octanol–water partition coefficient (Wildman–Crippen LogP) is 3.08. The summed E-state index contributed by atoms with van der Waals surface area (Å²) in [4.78, 5) is 15.6. The van der Waals surface area contributed by atoms with E-state index in [9.17, 15) is 4.79 Å². The van der Waals surface area contributed by atoms with Crippen molar-refractivity contribution in [3.05, 3.63) is 72.1 Å². The largest absolute Gasteiger partial charge is 0.457 e. The minimum Gasteiger partial charge on any atom is -0.457 e. The van der Waals surface area contributed by atoms with Gasteiger partial charge in [0.05, 0.1) is 5.56 Å². The van der Waals surface area contributed by atoms with Crippen molar-refractivity contribution in [2.45, 2.75) is 6.61 Å². The van der Waals surface area contributed by atoms with E-state index in [-0.39, 0.29) is 12.6 Å². The molecule has 18 heavy (non-hydrogen) atoms. The van der Waals surface area contributed by atoms with Crippen molar-refractivity contribution >= 4 is 12.0 Å². The van der Waals surface area contributed by atoms with E-state index in [2.05, 4.69) is 11.6 Å². The van der Waals surface area contributed by atoms with Gasteiger partial charge in [-0.2, -0.15) is 0 Å². The van der Waals surface area contributed by atoms with Gasteiger partial charge in [0.2, 0.25) is 0 Å². The molecule has 3 heteroatoms. The Hall–Kier alpha value is -2.42. The van der Waals surface area contributed by atoms with Crippen LogP contribution in [0.5, 0.6) is 0 Å². The number of benzene rings is 1. The van der Waals surface area contributed by atoms with E-state index in [1.807, 2.05) is 24.3 Å². The van der Waals surface area contributed by atoms with Gasteiger partial charge >= 0.3 is 5.97 Å². The summed E-state index contributed by atoms with van der Waals surface area (Å²) in [5.74, 6) is -0.368. The van der Waals surface area contributed by atoms with Crippen LogP contribution < -0.4 is 0 Å². The fourth-order valence-electron chi connectivity index (χ4n) is 1.53. The molecular formula is C15H13NO2. The van der Waals surface area contributed by atoms with Crippen LogP contribution in [0, 0.1) is 0 Å². The Morgan fingerprint density at radius 1 is 1.33 bits per heavy atom. The standard InChI is InChI=1S/C15H13NO2/c1-2-12-5-3-6-13(9-12)11-18-15(17)14-7-4-8-16-10-14/h2-10H,1,11H2. The highest BCUT2D eigenvalue weighted by Gasteiger charge is 2.06. The number of carbonyl (C=O) groups excluding carboxylic acids is 1. The van der Waals surface area contributed by atoms with E-state index in [0.29, 0.717) is 5.56 Å². The molecule has 2 rings (SSSR count). The monoisotopic (exact) mass is 239 g/mol. The molecule has 0 N–H and O–H groups in total. The Morgan fingerprint density at radius 2 is 2.22 bits per heavy atom. The number of hydrogen-bond donors (Lipinski definition) is 0. The number of pyridine rings is 1. The Labute approximate surface area is 106 Å². The van der Waals surface area contributed by atoms with Crippen LogP contribution in [-0.2, 0) is 11.3 Å². The van der Waals surface area contributed by atoms with Gasteiger partial charge in [-0.05, 0) is 29.3 Å². The molecule has 0 aliphatic heterocycles. The first-order valence-corrected chi connectivity index (χ1v) is 5.58. The molecule has 0 fully saturated rings. The summed E-state index contributed by atoms with van der Waals surface area (Å²) in [5, 5.41) is 0. The van der Waals surface area contributed by atoms with Crippen LogP contribution in [0.1, 0.15) is 21.5 Å². The Morgan fingerprint density at radius 3 is 2.94 bits per heavy atom. The van der Waals surface area contributed by atoms with Crippen LogP contribution in [0.2, 0.25) is 0 Å². The second-order valence-corrected chi connectivity index (χ2v) is 3.77. The smallest absolute Gasteiger partial charge is 0.340 e. The summed E-state index contributed by atoms with van der Waals surface area (Å²) in [6.45, 7) is 3.94. The molecule has 0 aliphatic carbocycles. The number of hydrogen-bond acceptors (Lipinski definition) is 3. The lowest BCUT2D eigenvalue weighted by molar-refractivity contribution is 0.0472. The van der Waals surface area contributed by atoms with Crippen LogP contribution in [0.25, 0.3) is 6.08 Å². The minimum absolute atomic E-state index is 0.245. The van der Waals surface area contributed by atoms with Gasteiger partial charge in [-0.1, -0.05) is 30.9 Å². The second-order valence-electron chi connectivity index (χ2n) is 3.77. The molecule has 0 amide bonds. The molecule has 0 bridgehead atoms. The zero-order chi connectivity index (χ0) is 12.8. The number of esters is 1. The van der Waals surface area contributed by atoms with Crippen LogP contribution >= 0.6 is 0 Å². The highest BCUT2D eigenvalue weighted by Crippen LogP contribution is 2.09. The summed E-state index contributed by atoms with van der Waals surface area (Å²) >= 11 is 0. The van der Waals surface area contributed by atoms with Crippen LogP contribution in [0.3, 0.4) is 0 Å².